The van der Waals surface area contributed by atoms with Crippen molar-refractivity contribution < 1.29 is 14.3 Å². The van der Waals surface area contributed by atoms with E-state index in [1.807, 2.05) is 30.3 Å². The minimum Gasteiger partial charge on any atom is -0.385 e. The molecule has 1 aliphatic heterocycles. The first-order valence-corrected chi connectivity index (χ1v) is 12.3. The molecule has 10 heteroatoms. The third-order valence-corrected chi connectivity index (χ3v) is 6.83. The normalized spacial score (nSPS) is 15.8. The molecule has 33 heavy (non-hydrogen) atoms. The van der Waals surface area contributed by atoms with Crippen LogP contribution in [0.25, 0.3) is 11.6 Å². The summed E-state index contributed by atoms with van der Waals surface area (Å²) in [5.41, 5.74) is 0.593. The number of morpholine rings is 1. The number of thiazole rings is 1. The molecule has 0 unspecified atom stereocenters. The number of halogens is 1. The van der Waals surface area contributed by atoms with Crippen LogP contribution in [0.2, 0.25) is 0 Å². The Labute approximate surface area is 204 Å². The van der Waals surface area contributed by atoms with E-state index in [1.54, 1.807) is 13.2 Å². The van der Waals surface area contributed by atoms with Crippen molar-refractivity contribution in [3.05, 3.63) is 53.9 Å². The zero-order chi connectivity index (χ0) is 23.6. The molecule has 2 heterocycles. The van der Waals surface area contributed by atoms with Gasteiger partial charge in [-0.25, -0.2) is 0 Å². The van der Waals surface area contributed by atoms with Gasteiger partial charge in [-0.05, 0) is 30.2 Å². The Morgan fingerprint density at radius 3 is 2.70 bits per heavy atom. The summed E-state index contributed by atoms with van der Waals surface area (Å²) in [5, 5.41) is 12.6. The quantitative estimate of drug-likeness (QED) is 0.474. The molecule has 8 nitrogen and oxygen atoms in total. The summed E-state index contributed by atoms with van der Waals surface area (Å²) in [4.78, 5) is 28.2. The molecule has 0 aliphatic carbocycles. The zero-order valence-electron chi connectivity index (χ0n) is 18.5. The van der Waals surface area contributed by atoms with Crippen LogP contribution < -0.4 is 20.1 Å². The lowest BCUT2D eigenvalue weighted by Crippen LogP contribution is -2.42. The van der Waals surface area contributed by atoms with Crippen molar-refractivity contribution in [3.8, 4) is 6.07 Å². The number of methoxy groups -OCH3 is 1. The van der Waals surface area contributed by atoms with Gasteiger partial charge in [0.25, 0.3) is 11.5 Å². The van der Waals surface area contributed by atoms with Crippen LogP contribution in [0.15, 0.2) is 33.5 Å². The van der Waals surface area contributed by atoms with Crippen molar-refractivity contribution in [2.24, 2.45) is 0 Å². The maximum absolute atomic E-state index is 13.1. The molecule has 2 aromatic rings. The van der Waals surface area contributed by atoms with E-state index >= 15 is 0 Å². The van der Waals surface area contributed by atoms with E-state index in [0.29, 0.717) is 55.1 Å². The van der Waals surface area contributed by atoms with Gasteiger partial charge < -0.3 is 14.8 Å². The van der Waals surface area contributed by atoms with Gasteiger partial charge in [0.1, 0.15) is 10.7 Å². The Balaban J connectivity index is 1.92. The van der Waals surface area contributed by atoms with Gasteiger partial charge in [0.2, 0.25) is 0 Å². The van der Waals surface area contributed by atoms with Gasteiger partial charge in [-0.2, -0.15) is 5.26 Å². The number of carbonyl (C=O) groups excluding carboxylic acids is 1. The number of hydrogen-bond acceptors (Lipinski definition) is 7. The van der Waals surface area contributed by atoms with Crippen LogP contribution in [0.5, 0.6) is 0 Å². The highest BCUT2D eigenvalue weighted by Crippen LogP contribution is 2.10. The van der Waals surface area contributed by atoms with Gasteiger partial charge in [-0.1, -0.05) is 28.1 Å². The van der Waals surface area contributed by atoms with Crippen molar-refractivity contribution in [2.75, 3.05) is 53.1 Å². The Morgan fingerprint density at radius 1 is 1.30 bits per heavy atom. The van der Waals surface area contributed by atoms with Gasteiger partial charge in [0.15, 0.2) is 5.57 Å². The molecule has 1 fully saturated rings. The molecule has 1 N–H and O–H groups in total. The number of hydrogen-bond donors (Lipinski definition) is 1. The molecule has 1 aromatic heterocycles. The van der Waals surface area contributed by atoms with Gasteiger partial charge >= 0.3 is 0 Å². The van der Waals surface area contributed by atoms with E-state index < -0.39 is 5.91 Å². The van der Waals surface area contributed by atoms with Crippen molar-refractivity contribution in [2.45, 2.75) is 13.0 Å². The Bertz CT molecular complexity index is 1160. The summed E-state index contributed by atoms with van der Waals surface area (Å²) in [5.74, 6) is -0.470. The number of nitrogens with one attached hydrogen (secondary N) is 1. The fourth-order valence-corrected chi connectivity index (χ4v) is 4.81. The number of aromatic nitrogens is 1. The van der Waals surface area contributed by atoms with Crippen LogP contribution in [0.1, 0.15) is 12.0 Å². The van der Waals surface area contributed by atoms with E-state index in [1.165, 1.54) is 4.57 Å². The molecule has 0 bridgehead atoms. The molecule has 176 valence electrons. The minimum absolute atomic E-state index is 0.0491. The summed E-state index contributed by atoms with van der Waals surface area (Å²) in [6.45, 7) is 4.95. The minimum atomic E-state index is -0.470. The summed E-state index contributed by atoms with van der Waals surface area (Å²) >= 11 is 4.57. The number of amides is 1. The number of benzene rings is 1. The van der Waals surface area contributed by atoms with Gasteiger partial charge in [0.05, 0.1) is 17.7 Å². The monoisotopic (exact) mass is 534 g/mol. The van der Waals surface area contributed by atoms with Crippen LogP contribution in [0.3, 0.4) is 0 Å². The van der Waals surface area contributed by atoms with Crippen molar-refractivity contribution >= 4 is 44.8 Å². The number of rotatable bonds is 9. The highest BCUT2D eigenvalue weighted by Gasteiger charge is 2.17. The van der Waals surface area contributed by atoms with E-state index in [0.717, 1.165) is 34.5 Å². The maximum Gasteiger partial charge on any atom is 0.269 e. The zero-order valence-corrected chi connectivity index (χ0v) is 20.9. The lowest BCUT2D eigenvalue weighted by atomic mass is 10.2. The van der Waals surface area contributed by atoms with Crippen LogP contribution in [-0.2, 0) is 20.8 Å². The average molecular weight is 535 g/mol. The molecule has 0 radical (unpaired) electrons. The first kappa shape index (κ1) is 25.3. The molecule has 0 spiro atoms. The van der Waals surface area contributed by atoms with Crippen LogP contribution >= 0.6 is 27.3 Å². The predicted molar refractivity (Wildman–Crippen MR) is 131 cm³/mol. The third kappa shape index (κ3) is 7.09. The Kier molecular flexibility index (Phi) is 9.84. The van der Waals surface area contributed by atoms with Crippen LogP contribution in [0.4, 0.5) is 0 Å². The number of nitrogens with zero attached hydrogens (tertiary/aromatic N) is 3. The van der Waals surface area contributed by atoms with E-state index in [9.17, 15) is 14.9 Å². The third-order valence-electron chi connectivity index (χ3n) is 5.18. The van der Waals surface area contributed by atoms with Crippen LogP contribution in [-0.4, -0.2) is 68.5 Å². The highest BCUT2D eigenvalue weighted by molar-refractivity contribution is 9.10. The summed E-state index contributed by atoms with van der Waals surface area (Å²) in [6.07, 6.45) is 2.37. The molecule has 1 saturated heterocycles. The number of carbonyl (C=O) groups is 1. The van der Waals surface area contributed by atoms with Gasteiger partial charge in [-0.3, -0.25) is 19.1 Å². The smallest absolute Gasteiger partial charge is 0.269 e. The molecule has 1 amide bonds. The van der Waals surface area contributed by atoms with E-state index in [-0.39, 0.29) is 11.1 Å². The summed E-state index contributed by atoms with van der Waals surface area (Å²) in [7, 11) is 1.60. The lowest BCUT2D eigenvalue weighted by Gasteiger charge is -2.26. The second-order valence-electron chi connectivity index (χ2n) is 7.47. The molecular weight excluding hydrogens is 508 g/mol. The average Bonchev–Trinajstić information content (AvgIpc) is 3.12. The Hall–Kier alpha value is -2.29. The van der Waals surface area contributed by atoms with E-state index in [2.05, 4.69) is 26.1 Å². The van der Waals surface area contributed by atoms with Crippen LogP contribution in [0, 0.1) is 11.3 Å². The fraction of sp³-hybridized carbons (Fsp3) is 0.435. The molecule has 3 rings (SSSR count). The van der Waals surface area contributed by atoms with E-state index in [4.69, 9.17) is 9.47 Å². The molecule has 0 atom stereocenters. The van der Waals surface area contributed by atoms with Gasteiger partial charge in [-0.15, -0.1) is 11.3 Å². The van der Waals surface area contributed by atoms with Crippen molar-refractivity contribution in [1.82, 2.24) is 14.8 Å². The Morgan fingerprint density at radius 2 is 2.03 bits per heavy atom. The van der Waals surface area contributed by atoms with Gasteiger partial charge in [0, 0.05) is 50.9 Å². The predicted octanol–water partition coefficient (Wildman–Crippen LogP) is 0.660. The number of nitriles is 1. The summed E-state index contributed by atoms with van der Waals surface area (Å²) < 4.78 is 13.7. The lowest BCUT2D eigenvalue weighted by molar-refractivity contribution is -0.115. The first-order valence-electron chi connectivity index (χ1n) is 10.7. The first-order chi connectivity index (χ1) is 16.0. The van der Waals surface area contributed by atoms with Crippen molar-refractivity contribution in [3.63, 3.8) is 0 Å². The SMILES string of the molecule is COCCCn1c(=C(C#N)C(=O)NCCN2CCOCC2)sc(=Cc2ccc(Br)cc2)c1=O. The largest absolute Gasteiger partial charge is 0.385 e. The summed E-state index contributed by atoms with van der Waals surface area (Å²) in [6, 6.07) is 9.60. The molecular formula is C23H27BrN4O4S. The fourth-order valence-electron chi connectivity index (χ4n) is 3.42. The second kappa shape index (κ2) is 12.8. The number of ether oxygens (including phenoxy) is 2. The molecule has 0 saturated carbocycles. The molecule has 1 aromatic carbocycles. The molecule has 1 aliphatic rings. The maximum atomic E-state index is 13.1. The standard InChI is InChI=1S/C23H27BrN4O4S/c1-31-12-2-8-28-22(30)20(15-17-3-5-18(24)6-4-17)33-23(28)19(16-25)21(29)26-7-9-27-10-13-32-14-11-27/h3-6,15H,2,7-14H2,1H3,(H,26,29). The van der Waals surface area contributed by atoms with Crippen molar-refractivity contribution in [1.29, 1.82) is 5.26 Å². The second-order valence-corrected chi connectivity index (χ2v) is 9.41. The highest BCUT2D eigenvalue weighted by atomic mass is 79.9. The topological polar surface area (TPSA) is 96.6 Å².